The average molecular weight is 164 g/mol. The van der Waals surface area contributed by atoms with E-state index in [0.29, 0.717) is 0 Å². The highest BCUT2D eigenvalue weighted by atomic mass is 32.2. The standard InChI is InChI=1S/C10H12S/c1-2-9-10(11-9)8-6-4-3-5-7-8/h3-7,9-10H,2H2,1H3. The third-order valence-corrected chi connectivity index (χ3v) is 3.65. The maximum atomic E-state index is 2.26. The molecule has 0 nitrogen and oxygen atoms in total. The lowest BCUT2D eigenvalue weighted by atomic mass is 10.1. The van der Waals surface area contributed by atoms with Gasteiger partial charge in [-0.2, -0.15) is 0 Å². The summed E-state index contributed by atoms with van der Waals surface area (Å²) in [6, 6.07) is 10.8. The first-order valence-electron chi connectivity index (χ1n) is 4.12. The molecule has 0 aliphatic carbocycles. The molecule has 1 heterocycles. The summed E-state index contributed by atoms with van der Waals surface area (Å²) < 4.78 is 0. The van der Waals surface area contributed by atoms with Crippen molar-refractivity contribution in [3.8, 4) is 0 Å². The SMILES string of the molecule is CCC1SC1c1ccccc1. The van der Waals surface area contributed by atoms with E-state index in [1.165, 1.54) is 12.0 Å². The van der Waals surface area contributed by atoms with Gasteiger partial charge in [0.25, 0.3) is 0 Å². The molecule has 0 radical (unpaired) electrons. The van der Waals surface area contributed by atoms with Crippen molar-refractivity contribution >= 4 is 11.8 Å². The first-order chi connectivity index (χ1) is 5.42. The highest BCUT2D eigenvalue weighted by Gasteiger charge is 2.37. The van der Waals surface area contributed by atoms with Crippen LogP contribution in [-0.4, -0.2) is 5.25 Å². The normalized spacial score (nSPS) is 28.5. The second kappa shape index (κ2) is 2.90. The summed E-state index contributed by atoms with van der Waals surface area (Å²) in [6.45, 7) is 2.26. The molecule has 0 spiro atoms. The van der Waals surface area contributed by atoms with Gasteiger partial charge in [0.15, 0.2) is 0 Å². The maximum absolute atomic E-state index is 2.26. The van der Waals surface area contributed by atoms with E-state index in [4.69, 9.17) is 0 Å². The van der Waals surface area contributed by atoms with E-state index in [2.05, 4.69) is 49.0 Å². The molecule has 1 aromatic rings. The Bertz CT molecular complexity index is 230. The van der Waals surface area contributed by atoms with Gasteiger partial charge in [0.05, 0.1) is 0 Å². The minimum absolute atomic E-state index is 0.807. The lowest BCUT2D eigenvalue weighted by molar-refractivity contribution is 0.887. The third-order valence-electron chi connectivity index (χ3n) is 2.11. The Labute approximate surface area is 72.0 Å². The number of thioether (sulfide) groups is 1. The van der Waals surface area contributed by atoms with E-state index in [0.717, 1.165) is 10.5 Å². The van der Waals surface area contributed by atoms with Gasteiger partial charge in [-0.15, -0.1) is 11.8 Å². The summed E-state index contributed by atoms with van der Waals surface area (Å²) in [5, 5.41) is 1.71. The van der Waals surface area contributed by atoms with Crippen molar-refractivity contribution in [2.24, 2.45) is 0 Å². The summed E-state index contributed by atoms with van der Waals surface area (Å²) in [6.07, 6.45) is 1.31. The van der Waals surface area contributed by atoms with Crippen molar-refractivity contribution in [2.75, 3.05) is 0 Å². The van der Waals surface area contributed by atoms with Gasteiger partial charge in [0.1, 0.15) is 0 Å². The molecule has 2 unspecified atom stereocenters. The predicted molar refractivity (Wildman–Crippen MR) is 50.9 cm³/mol. The van der Waals surface area contributed by atoms with Crippen LogP contribution < -0.4 is 0 Å². The molecule has 58 valence electrons. The Balaban J connectivity index is 2.09. The Morgan fingerprint density at radius 2 is 2.00 bits per heavy atom. The number of rotatable bonds is 2. The monoisotopic (exact) mass is 164 g/mol. The molecule has 1 saturated heterocycles. The van der Waals surface area contributed by atoms with Gasteiger partial charge in [-0.25, -0.2) is 0 Å². The van der Waals surface area contributed by atoms with E-state index in [1.54, 1.807) is 0 Å². The highest BCUT2D eigenvalue weighted by Crippen LogP contribution is 2.56. The van der Waals surface area contributed by atoms with Crippen LogP contribution in [0.15, 0.2) is 30.3 Å². The minimum Gasteiger partial charge on any atom is -0.148 e. The summed E-state index contributed by atoms with van der Waals surface area (Å²) in [5.41, 5.74) is 1.50. The smallest absolute Gasteiger partial charge is 0.0419 e. The quantitative estimate of drug-likeness (QED) is 0.605. The topological polar surface area (TPSA) is 0 Å². The molecule has 0 saturated carbocycles. The van der Waals surface area contributed by atoms with E-state index < -0.39 is 0 Å². The van der Waals surface area contributed by atoms with Crippen LogP contribution in [0.2, 0.25) is 0 Å². The van der Waals surface area contributed by atoms with E-state index in [9.17, 15) is 0 Å². The van der Waals surface area contributed by atoms with Gasteiger partial charge in [0, 0.05) is 10.5 Å². The Morgan fingerprint density at radius 1 is 1.27 bits per heavy atom. The van der Waals surface area contributed by atoms with Crippen molar-refractivity contribution in [3.63, 3.8) is 0 Å². The Kier molecular flexibility index (Phi) is 1.91. The molecule has 1 aliphatic rings. The molecule has 0 N–H and O–H groups in total. The molecule has 1 fully saturated rings. The van der Waals surface area contributed by atoms with Gasteiger partial charge >= 0.3 is 0 Å². The van der Waals surface area contributed by atoms with Gasteiger partial charge < -0.3 is 0 Å². The molecule has 2 atom stereocenters. The molecular weight excluding hydrogens is 152 g/mol. The summed E-state index contributed by atoms with van der Waals surface area (Å²) in [5.74, 6) is 0. The fourth-order valence-electron chi connectivity index (χ4n) is 1.39. The van der Waals surface area contributed by atoms with Crippen molar-refractivity contribution in [1.82, 2.24) is 0 Å². The molecule has 0 amide bonds. The summed E-state index contributed by atoms with van der Waals surface area (Å²) >= 11 is 2.09. The number of hydrogen-bond acceptors (Lipinski definition) is 1. The second-order valence-corrected chi connectivity index (χ2v) is 4.30. The van der Waals surface area contributed by atoms with Gasteiger partial charge in [-0.1, -0.05) is 37.3 Å². The molecule has 1 aromatic carbocycles. The fraction of sp³-hybridized carbons (Fsp3) is 0.400. The van der Waals surface area contributed by atoms with Crippen LogP contribution in [-0.2, 0) is 0 Å². The summed E-state index contributed by atoms with van der Waals surface area (Å²) in [7, 11) is 0. The highest BCUT2D eigenvalue weighted by molar-refractivity contribution is 8.07. The number of benzene rings is 1. The second-order valence-electron chi connectivity index (χ2n) is 2.91. The van der Waals surface area contributed by atoms with E-state index >= 15 is 0 Å². The van der Waals surface area contributed by atoms with Crippen LogP contribution in [0.1, 0.15) is 24.2 Å². The van der Waals surface area contributed by atoms with Gasteiger partial charge in [-0.3, -0.25) is 0 Å². The van der Waals surface area contributed by atoms with Crippen LogP contribution in [0.4, 0.5) is 0 Å². The number of hydrogen-bond donors (Lipinski definition) is 0. The zero-order valence-corrected chi connectivity index (χ0v) is 7.47. The predicted octanol–water partition coefficient (Wildman–Crippen LogP) is 3.25. The van der Waals surface area contributed by atoms with Gasteiger partial charge in [-0.05, 0) is 12.0 Å². The lowest BCUT2D eigenvalue weighted by Gasteiger charge is -1.94. The van der Waals surface area contributed by atoms with Crippen LogP contribution in [0.3, 0.4) is 0 Å². The maximum Gasteiger partial charge on any atom is 0.0419 e. The fourth-order valence-corrected chi connectivity index (χ4v) is 2.53. The molecule has 1 aliphatic heterocycles. The van der Waals surface area contributed by atoms with E-state index in [-0.39, 0.29) is 0 Å². The first-order valence-corrected chi connectivity index (χ1v) is 5.06. The van der Waals surface area contributed by atoms with Crippen LogP contribution in [0.25, 0.3) is 0 Å². The van der Waals surface area contributed by atoms with E-state index in [1.807, 2.05) is 0 Å². The minimum atomic E-state index is 0.807. The van der Waals surface area contributed by atoms with Crippen LogP contribution in [0.5, 0.6) is 0 Å². The van der Waals surface area contributed by atoms with Crippen molar-refractivity contribution < 1.29 is 0 Å². The summed E-state index contributed by atoms with van der Waals surface area (Å²) in [4.78, 5) is 0. The molecule has 11 heavy (non-hydrogen) atoms. The lowest BCUT2D eigenvalue weighted by Crippen LogP contribution is -1.84. The molecule has 2 rings (SSSR count). The Hall–Kier alpha value is -0.430. The zero-order valence-electron chi connectivity index (χ0n) is 6.66. The van der Waals surface area contributed by atoms with Crippen LogP contribution >= 0.6 is 11.8 Å². The molecular formula is C10H12S. The van der Waals surface area contributed by atoms with Crippen molar-refractivity contribution in [1.29, 1.82) is 0 Å². The van der Waals surface area contributed by atoms with Gasteiger partial charge in [0.2, 0.25) is 0 Å². The van der Waals surface area contributed by atoms with Crippen LogP contribution in [0, 0.1) is 0 Å². The molecule has 0 aromatic heterocycles. The first kappa shape index (κ1) is 7.23. The average Bonchev–Trinajstić information content (AvgIpc) is 2.85. The third kappa shape index (κ3) is 1.43. The van der Waals surface area contributed by atoms with Crippen molar-refractivity contribution in [2.45, 2.75) is 23.8 Å². The molecule has 0 bridgehead atoms. The Morgan fingerprint density at radius 3 is 2.55 bits per heavy atom. The van der Waals surface area contributed by atoms with Crippen molar-refractivity contribution in [3.05, 3.63) is 35.9 Å². The molecule has 1 heteroatoms. The largest absolute Gasteiger partial charge is 0.148 e. The zero-order chi connectivity index (χ0) is 7.68.